The lowest BCUT2D eigenvalue weighted by atomic mass is 10.3. The van der Waals surface area contributed by atoms with E-state index in [0.717, 1.165) is 19.5 Å². The molecule has 1 N–H and O–H groups in total. The highest BCUT2D eigenvalue weighted by atomic mass is 16.5. The zero-order valence-corrected chi connectivity index (χ0v) is 10.9. The summed E-state index contributed by atoms with van der Waals surface area (Å²) in [5, 5.41) is 3.29. The molecule has 0 spiro atoms. The first-order valence-corrected chi connectivity index (χ1v) is 6.42. The van der Waals surface area contributed by atoms with Crippen LogP contribution in [0.2, 0.25) is 0 Å². The third-order valence-corrected chi connectivity index (χ3v) is 2.38. The van der Waals surface area contributed by atoms with Gasteiger partial charge in [0, 0.05) is 6.08 Å². The smallest absolute Gasteiger partial charge is 0.330 e. The average molecular weight is 251 g/mol. The van der Waals surface area contributed by atoms with E-state index < -0.39 is 0 Å². The van der Waals surface area contributed by atoms with Gasteiger partial charge in [0.05, 0.1) is 12.9 Å². The number of ether oxygens (including phenoxy) is 1. The summed E-state index contributed by atoms with van der Waals surface area (Å²) < 4.78 is 10.1. The second-order valence-electron chi connectivity index (χ2n) is 3.97. The van der Waals surface area contributed by atoms with E-state index in [-0.39, 0.29) is 5.97 Å². The van der Waals surface area contributed by atoms with Crippen molar-refractivity contribution in [1.82, 2.24) is 5.32 Å². The summed E-state index contributed by atoms with van der Waals surface area (Å²) in [6.45, 7) is 4.52. The van der Waals surface area contributed by atoms with Gasteiger partial charge >= 0.3 is 5.97 Å². The Bertz CT molecular complexity index is 344. The molecule has 0 amide bonds. The van der Waals surface area contributed by atoms with E-state index in [2.05, 4.69) is 12.2 Å². The Morgan fingerprint density at radius 2 is 2.28 bits per heavy atom. The maximum Gasteiger partial charge on any atom is 0.330 e. The number of hydrogen-bond donors (Lipinski definition) is 1. The van der Waals surface area contributed by atoms with Gasteiger partial charge in [-0.3, -0.25) is 0 Å². The van der Waals surface area contributed by atoms with Crippen molar-refractivity contribution >= 4 is 12.0 Å². The van der Waals surface area contributed by atoms with Crippen LogP contribution in [0.4, 0.5) is 0 Å². The molecule has 1 rings (SSSR count). The number of carbonyl (C=O) groups excluding carboxylic acids is 1. The SMILES string of the molecule is CCCCNCCCOC(=O)/C=C/c1ccco1. The predicted octanol–water partition coefficient (Wildman–Crippen LogP) is 2.62. The van der Waals surface area contributed by atoms with Gasteiger partial charge in [0.1, 0.15) is 5.76 Å². The molecule has 0 saturated heterocycles. The molecule has 18 heavy (non-hydrogen) atoms. The van der Waals surface area contributed by atoms with Gasteiger partial charge in [0.2, 0.25) is 0 Å². The monoisotopic (exact) mass is 251 g/mol. The van der Waals surface area contributed by atoms with Crippen molar-refractivity contribution in [3.63, 3.8) is 0 Å². The Hall–Kier alpha value is -1.55. The number of esters is 1. The van der Waals surface area contributed by atoms with E-state index in [1.807, 2.05) is 0 Å². The van der Waals surface area contributed by atoms with Crippen LogP contribution in [-0.4, -0.2) is 25.7 Å². The van der Waals surface area contributed by atoms with Crippen molar-refractivity contribution < 1.29 is 13.9 Å². The van der Waals surface area contributed by atoms with E-state index >= 15 is 0 Å². The second-order valence-corrected chi connectivity index (χ2v) is 3.97. The lowest BCUT2D eigenvalue weighted by Crippen LogP contribution is -2.18. The number of furan rings is 1. The fourth-order valence-electron chi connectivity index (χ4n) is 1.38. The van der Waals surface area contributed by atoms with Crippen LogP contribution < -0.4 is 5.32 Å². The third-order valence-electron chi connectivity index (χ3n) is 2.38. The first-order chi connectivity index (χ1) is 8.83. The molecule has 0 aliphatic heterocycles. The van der Waals surface area contributed by atoms with Crippen molar-refractivity contribution in [2.75, 3.05) is 19.7 Å². The highest BCUT2D eigenvalue weighted by Crippen LogP contribution is 2.02. The summed E-state index contributed by atoms with van der Waals surface area (Å²) in [5.41, 5.74) is 0. The molecule has 1 aromatic rings. The average Bonchev–Trinajstić information content (AvgIpc) is 2.88. The Morgan fingerprint density at radius 1 is 1.44 bits per heavy atom. The van der Waals surface area contributed by atoms with E-state index in [1.54, 1.807) is 24.5 Å². The zero-order chi connectivity index (χ0) is 13.1. The number of nitrogens with one attached hydrogen (secondary N) is 1. The predicted molar refractivity (Wildman–Crippen MR) is 71.1 cm³/mol. The molecule has 0 atom stereocenters. The molecule has 0 radical (unpaired) electrons. The molecule has 100 valence electrons. The lowest BCUT2D eigenvalue weighted by Gasteiger charge is -2.03. The van der Waals surface area contributed by atoms with Gasteiger partial charge < -0.3 is 14.5 Å². The van der Waals surface area contributed by atoms with Gasteiger partial charge in [0.15, 0.2) is 0 Å². The van der Waals surface area contributed by atoms with Gasteiger partial charge in [-0.05, 0) is 44.1 Å². The van der Waals surface area contributed by atoms with Crippen molar-refractivity contribution in [3.05, 3.63) is 30.2 Å². The van der Waals surface area contributed by atoms with Crippen LogP contribution in [0.3, 0.4) is 0 Å². The molecule has 0 fully saturated rings. The van der Waals surface area contributed by atoms with Crippen molar-refractivity contribution in [2.24, 2.45) is 0 Å². The van der Waals surface area contributed by atoms with Gasteiger partial charge in [-0.2, -0.15) is 0 Å². The van der Waals surface area contributed by atoms with Crippen LogP contribution in [-0.2, 0) is 9.53 Å². The van der Waals surface area contributed by atoms with Crippen LogP contribution in [0.25, 0.3) is 6.08 Å². The lowest BCUT2D eigenvalue weighted by molar-refractivity contribution is -0.137. The van der Waals surface area contributed by atoms with E-state index in [9.17, 15) is 4.79 Å². The minimum atomic E-state index is -0.333. The van der Waals surface area contributed by atoms with Gasteiger partial charge in [0.25, 0.3) is 0 Å². The number of unbranched alkanes of at least 4 members (excludes halogenated alkanes) is 1. The summed E-state index contributed by atoms with van der Waals surface area (Å²) in [6, 6.07) is 3.55. The molecule has 0 aromatic carbocycles. The number of hydrogen-bond acceptors (Lipinski definition) is 4. The van der Waals surface area contributed by atoms with Crippen molar-refractivity contribution in [3.8, 4) is 0 Å². The minimum absolute atomic E-state index is 0.333. The Kier molecular flexibility index (Phi) is 7.64. The largest absolute Gasteiger partial charge is 0.465 e. The molecule has 1 aromatic heterocycles. The molecule has 1 heterocycles. The summed E-state index contributed by atoms with van der Waals surface area (Å²) >= 11 is 0. The maximum atomic E-state index is 11.3. The zero-order valence-electron chi connectivity index (χ0n) is 10.9. The maximum absolute atomic E-state index is 11.3. The fourth-order valence-corrected chi connectivity index (χ4v) is 1.38. The van der Waals surface area contributed by atoms with Crippen LogP contribution in [0.15, 0.2) is 28.9 Å². The van der Waals surface area contributed by atoms with Crippen LogP contribution in [0.5, 0.6) is 0 Å². The second kappa shape index (κ2) is 9.48. The minimum Gasteiger partial charge on any atom is -0.465 e. The Morgan fingerprint density at radius 3 is 3.00 bits per heavy atom. The fraction of sp³-hybridized carbons (Fsp3) is 0.500. The quantitative estimate of drug-likeness (QED) is 0.416. The highest BCUT2D eigenvalue weighted by molar-refractivity contribution is 5.86. The normalized spacial score (nSPS) is 10.9. The Labute approximate surface area is 108 Å². The molecular weight excluding hydrogens is 230 g/mol. The van der Waals surface area contributed by atoms with Crippen LogP contribution in [0, 0.1) is 0 Å². The molecule has 4 nitrogen and oxygen atoms in total. The van der Waals surface area contributed by atoms with Crippen molar-refractivity contribution in [2.45, 2.75) is 26.2 Å². The summed E-state index contributed by atoms with van der Waals surface area (Å²) in [6.07, 6.45) is 7.76. The van der Waals surface area contributed by atoms with E-state index in [4.69, 9.17) is 9.15 Å². The highest BCUT2D eigenvalue weighted by Gasteiger charge is 1.97. The van der Waals surface area contributed by atoms with E-state index in [0.29, 0.717) is 12.4 Å². The van der Waals surface area contributed by atoms with Crippen LogP contribution >= 0.6 is 0 Å². The number of carbonyl (C=O) groups is 1. The molecule has 0 unspecified atom stereocenters. The molecule has 0 aliphatic carbocycles. The first kappa shape index (κ1) is 14.5. The standard InChI is InChI=1S/C14H21NO3/c1-2-3-9-15-10-5-12-18-14(16)8-7-13-6-4-11-17-13/h4,6-8,11,15H,2-3,5,9-10,12H2,1H3/b8-7+. The molecule has 0 aliphatic rings. The van der Waals surface area contributed by atoms with E-state index in [1.165, 1.54) is 18.9 Å². The summed E-state index contributed by atoms with van der Waals surface area (Å²) in [5.74, 6) is 0.313. The topological polar surface area (TPSA) is 51.5 Å². The van der Waals surface area contributed by atoms with Gasteiger partial charge in [-0.25, -0.2) is 4.79 Å². The van der Waals surface area contributed by atoms with Crippen molar-refractivity contribution in [1.29, 1.82) is 0 Å². The van der Waals surface area contributed by atoms with Crippen LogP contribution in [0.1, 0.15) is 31.9 Å². The Balaban J connectivity index is 2.00. The molecule has 4 heteroatoms. The summed E-state index contributed by atoms with van der Waals surface area (Å²) in [7, 11) is 0. The van der Waals surface area contributed by atoms with Gasteiger partial charge in [-0.1, -0.05) is 13.3 Å². The third kappa shape index (κ3) is 6.91. The number of rotatable bonds is 9. The van der Waals surface area contributed by atoms with Gasteiger partial charge in [-0.15, -0.1) is 0 Å². The molecule has 0 bridgehead atoms. The molecule has 0 saturated carbocycles. The molecular formula is C14H21NO3. The first-order valence-electron chi connectivity index (χ1n) is 6.42. The summed E-state index contributed by atoms with van der Waals surface area (Å²) in [4.78, 5) is 11.3.